The molecule has 1 saturated carbocycles. The SMILES string of the molecule is Cc1nc(-c2ccccc2)c(C(=O)N2CCC(NCC3CC3)CC2)s1.Cl.Cl. The first-order valence-corrected chi connectivity index (χ1v) is 10.1. The molecule has 2 heterocycles. The Balaban J connectivity index is 0.00000131. The van der Waals surface area contributed by atoms with Crippen molar-refractivity contribution in [2.24, 2.45) is 5.92 Å². The molecule has 0 radical (unpaired) electrons. The minimum atomic E-state index is 0. The zero-order valence-corrected chi connectivity index (χ0v) is 18.0. The van der Waals surface area contributed by atoms with Gasteiger partial charge in [0.2, 0.25) is 0 Å². The van der Waals surface area contributed by atoms with Crippen LogP contribution >= 0.6 is 36.2 Å². The number of piperidine rings is 1. The fourth-order valence-corrected chi connectivity index (χ4v) is 4.36. The van der Waals surface area contributed by atoms with E-state index in [1.165, 1.54) is 24.2 Å². The number of hydrogen-bond donors (Lipinski definition) is 1. The van der Waals surface area contributed by atoms with E-state index >= 15 is 0 Å². The number of hydrogen-bond acceptors (Lipinski definition) is 4. The Morgan fingerprint density at radius 3 is 2.44 bits per heavy atom. The summed E-state index contributed by atoms with van der Waals surface area (Å²) in [5.74, 6) is 1.05. The van der Waals surface area contributed by atoms with Crippen LogP contribution in [-0.4, -0.2) is 41.5 Å². The number of rotatable bonds is 5. The molecule has 27 heavy (non-hydrogen) atoms. The first kappa shape index (κ1) is 22.2. The summed E-state index contributed by atoms with van der Waals surface area (Å²) < 4.78 is 0. The molecular weight excluding hydrogens is 401 g/mol. The molecule has 2 aliphatic rings. The molecule has 1 saturated heterocycles. The largest absolute Gasteiger partial charge is 0.338 e. The topological polar surface area (TPSA) is 45.2 Å². The van der Waals surface area contributed by atoms with Gasteiger partial charge in [0.05, 0.1) is 10.7 Å². The van der Waals surface area contributed by atoms with Crippen molar-refractivity contribution in [3.8, 4) is 11.3 Å². The average molecular weight is 428 g/mol. The molecule has 2 aromatic rings. The summed E-state index contributed by atoms with van der Waals surface area (Å²) in [5, 5.41) is 4.62. The minimum absolute atomic E-state index is 0. The van der Waals surface area contributed by atoms with Crippen molar-refractivity contribution in [3.05, 3.63) is 40.2 Å². The highest BCUT2D eigenvalue weighted by Gasteiger charge is 2.28. The van der Waals surface area contributed by atoms with E-state index in [0.717, 1.165) is 59.5 Å². The number of amides is 1. The lowest BCUT2D eigenvalue weighted by Crippen LogP contribution is -2.45. The van der Waals surface area contributed by atoms with Gasteiger partial charge in [-0.05, 0) is 45.1 Å². The van der Waals surface area contributed by atoms with Gasteiger partial charge < -0.3 is 10.2 Å². The van der Waals surface area contributed by atoms with Gasteiger partial charge in [0, 0.05) is 24.7 Å². The quantitative estimate of drug-likeness (QED) is 0.759. The predicted molar refractivity (Wildman–Crippen MR) is 116 cm³/mol. The molecule has 4 rings (SSSR count). The number of benzene rings is 1. The summed E-state index contributed by atoms with van der Waals surface area (Å²) in [7, 11) is 0. The van der Waals surface area contributed by atoms with Gasteiger partial charge in [-0.15, -0.1) is 36.2 Å². The molecule has 0 unspecified atom stereocenters. The first-order valence-electron chi connectivity index (χ1n) is 9.26. The van der Waals surface area contributed by atoms with E-state index in [9.17, 15) is 4.79 Å². The Labute approximate surface area is 177 Å². The Bertz CT molecular complexity index is 741. The Morgan fingerprint density at radius 1 is 1.15 bits per heavy atom. The highest BCUT2D eigenvalue weighted by molar-refractivity contribution is 7.14. The number of carbonyl (C=O) groups is 1. The van der Waals surface area contributed by atoms with Crippen molar-refractivity contribution >= 4 is 42.1 Å². The maximum absolute atomic E-state index is 13.1. The van der Waals surface area contributed by atoms with Crippen molar-refractivity contribution < 1.29 is 4.79 Å². The summed E-state index contributed by atoms with van der Waals surface area (Å²) in [6, 6.07) is 10.6. The van der Waals surface area contributed by atoms with Crippen molar-refractivity contribution in [1.82, 2.24) is 15.2 Å². The normalized spacial score (nSPS) is 17.1. The smallest absolute Gasteiger partial charge is 0.266 e. The summed E-state index contributed by atoms with van der Waals surface area (Å²) >= 11 is 1.52. The van der Waals surface area contributed by atoms with Gasteiger partial charge in [0.25, 0.3) is 5.91 Å². The zero-order chi connectivity index (χ0) is 17.2. The van der Waals surface area contributed by atoms with Crippen LogP contribution in [0.25, 0.3) is 11.3 Å². The number of halogens is 2. The third kappa shape index (κ3) is 5.44. The van der Waals surface area contributed by atoms with Gasteiger partial charge in [0.15, 0.2) is 0 Å². The van der Waals surface area contributed by atoms with Crippen LogP contribution in [0.4, 0.5) is 0 Å². The van der Waals surface area contributed by atoms with Gasteiger partial charge in [-0.2, -0.15) is 0 Å². The van der Waals surface area contributed by atoms with Crippen LogP contribution in [0.15, 0.2) is 30.3 Å². The van der Waals surface area contributed by atoms with Crippen molar-refractivity contribution in [2.75, 3.05) is 19.6 Å². The third-order valence-electron chi connectivity index (χ3n) is 5.15. The number of aromatic nitrogens is 1. The first-order chi connectivity index (χ1) is 12.2. The molecule has 148 valence electrons. The molecule has 7 heteroatoms. The molecular formula is C20H27Cl2N3OS. The van der Waals surface area contributed by atoms with Gasteiger partial charge >= 0.3 is 0 Å². The second-order valence-corrected chi connectivity index (χ2v) is 8.40. The molecule has 4 nitrogen and oxygen atoms in total. The standard InChI is InChI=1S/C20H25N3OS.2ClH/c1-14-22-18(16-5-3-2-4-6-16)19(25-14)20(24)23-11-9-17(10-12-23)21-13-15-7-8-15;;/h2-6,15,17,21H,7-13H2,1H3;2*1H. The molecule has 2 fully saturated rings. The average Bonchev–Trinajstić information content (AvgIpc) is 3.40. The van der Waals surface area contributed by atoms with E-state index in [4.69, 9.17) is 0 Å². The second-order valence-electron chi connectivity index (χ2n) is 7.19. The molecule has 1 aliphatic heterocycles. The third-order valence-corrected chi connectivity index (χ3v) is 6.11. The maximum Gasteiger partial charge on any atom is 0.266 e. The second kappa shape index (κ2) is 9.87. The number of nitrogens with one attached hydrogen (secondary N) is 1. The maximum atomic E-state index is 13.1. The summed E-state index contributed by atoms with van der Waals surface area (Å²) in [6.07, 6.45) is 4.88. The predicted octanol–water partition coefficient (Wildman–Crippen LogP) is 4.57. The highest BCUT2D eigenvalue weighted by atomic mass is 35.5. The van der Waals surface area contributed by atoms with Crippen LogP contribution < -0.4 is 5.32 Å². The van der Waals surface area contributed by atoms with E-state index < -0.39 is 0 Å². The lowest BCUT2D eigenvalue weighted by molar-refractivity contribution is 0.0710. The summed E-state index contributed by atoms with van der Waals surface area (Å²) in [5.41, 5.74) is 1.86. The van der Waals surface area contributed by atoms with E-state index in [1.807, 2.05) is 42.2 Å². The minimum Gasteiger partial charge on any atom is -0.338 e. The Hall–Kier alpha value is -1.14. The lowest BCUT2D eigenvalue weighted by atomic mass is 10.0. The molecule has 1 aromatic carbocycles. The van der Waals surface area contributed by atoms with E-state index in [1.54, 1.807) is 0 Å². The Morgan fingerprint density at radius 2 is 1.81 bits per heavy atom. The zero-order valence-electron chi connectivity index (χ0n) is 15.5. The monoisotopic (exact) mass is 427 g/mol. The number of carbonyl (C=O) groups excluding carboxylic acids is 1. The molecule has 1 N–H and O–H groups in total. The number of thiazole rings is 1. The number of nitrogens with zero attached hydrogens (tertiary/aromatic N) is 2. The summed E-state index contributed by atoms with van der Waals surface area (Å²) in [6.45, 7) is 4.81. The summed E-state index contributed by atoms with van der Waals surface area (Å²) in [4.78, 5) is 20.5. The van der Waals surface area contributed by atoms with Crippen LogP contribution in [0.3, 0.4) is 0 Å². The number of aryl methyl sites for hydroxylation is 1. The fraction of sp³-hybridized carbons (Fsp3) is 0.500. The van der Waals surface area contributed by atoms with Gasteiger partial charge in [-0.25, -0.2) is 4.98 Å². The highest BCUT2D eigenvalue weighted by Crippen LogP contribution is 2.30. The number of likely N-dealkylation sites (tertiary alicyclic amines) is 1. The van der Waals surface area contributed by atoms with Crippen molar-refractivity contribution in [1.29, 1.82) is 0 Å². The van der Waals surface area contributed by atoms with Crippen LogP contribution in [0.1, 0.15) is 40.4 Å². The van der Waals surface area contributed by atoms with E-state index in [-0.39, 0.29) is 30.7 Å². The van der Waals surface area contributed by atoms with Gasteiger partial charge in [-0.1, -0.05) is 30.3 Å². The van der Waals surface area contributed by atoms with Gasteiger partial charge in [0.1, 0.15) is 4.88 Å². The van der Waals surface area contributed by atoms with Crippen LogP contribution in [-0.2, 0) is 0 Å². The van der Waals surface area contributed by atoms with Crippen LogP contribution in [0, 0.1) is 12.8 Å². The molecule has 1 amide bonds. The Kier molecular flexibility index (Phi) is 8.10. The molecule has 1 aliphatic carbocycles. The van der Waals surface area contributed by atoms with Crippen LogP contribution in [0.5, 0.6) is 0 Å². The molecule has 1 aromatic heterocycles. The van der Waals surface area contributed by atoms with Crippen molar-refractivity contribution in [2.45, 2.75) is 38.6 Å². The van der Waals surface area contributed by atoms with Crippen LogP contribution in [0.2, 0.25) is 0 Å². The molecule has 0 bridgehead atoms. The van der Waals surface area contributed by atoms with Gasteiger partial charge in [-0.3, -0.25) is 4.79 Å². The van der Waals surface area contributed by atoms with E-state index in [0.29, 0.717) is 6.04 Å². The van der Waals surface area contributed by atoms with Crippen molar-refractivity contribution in [3.63, 3.8) is 0 Å². The fourth-order valence-electron chi connectivity index (χ4n) is 3.45. The van der Waals surface area contributed by atoms with E-state index in [2.05, 4.69) is 10.3 Å². The molecule has 0 spiro atoms. The molecule has 0 atom stereocenters. The lowest BCUT2D eigenvalue weighted by Gasteiger charge is -2.32.